The zero-order valence-electron chi connectivity index (χ0n) is 6.70. The van der Waals surface area contributed by atoms with Gasteiger partial charge in [-0.05, 0) is 12.1 Å². The highest BCUT2D eigenvalue weighted by Gasteiger charge is 1.99. The minimum atomic E-state index is 0.392. The summed E-state index contributed by atoms with van der Waals surface area (Å²) in [5.41, 5.74) is 12.6. The second kappa shape index (κ2) is 3.57. The predicted octanol–water partition coefficient (Wildman–Crippen LogP) is 1.12. The topological polar surface area (TPSA) is 64.4 Å². The first-order valence-corrected chi connectivity index (χ1v) is 3.54. The van der Waals surface area contributed by atoms with Gasteiger partial charge in [0.15, 0.2) is 0 Å². The molecule has 4 N–H and O–H groups in total. The molecule has 0 heterocycles. The molecule has 0 aromatic heterocycles. The van der Waals surface area contributed by atoms with E-state index in [0.29, 0.717) is 11.5 Å². The Morgan fingerprint density at radius 2 is 2.08 bits per heavy atom. The van der Waals surface area contributed by atoms with Crippen LogP contribution < -0.4 is 11.5 Å². The molecule has 0 spiro atoms. The molecule has 3 nitrogen and oxygen atoms in total. The summed E-state index contributed by atoms with van der Waals surface area (Å²) in [5.74, 6) is 0.392. The summed E-state index contributed by atoms with van der Waals surface area (Å²) in [7, 11) is 0. The molecule has 0 fully saturated rings. The van der Waals surface area contributed by atoms with Crippen LogP contribution in [-0.4, -0.2) is 5.84 Å². The van der Waals surface area contributed by atoms with Crippen LogP contribution in [0.1, 0.15) is 5.56 Å². The van der Waals surface area contributed by atoms with Gasteiger partial charge in [-0.25, -0.2) is 4.99 Å². The molecule has 3 heteroatoms. The lowest BCUT2D eigenvalue weighted by atomic mass is 10.2. The van der Waals surface area contributed by atoms with Gasteiger partial charge in [0.25, 0.3) is 0 Å². The fraction of sp³-hybridized carbons (Fsp3) is 0. The normalized spacial score (nSPS) is 11.2. The van der Waals surface area contributed by atoms with Crippen molar-refractivity contribution in [1.29, 1.82) is 0 Å². The van der Waals surface area contributed by atoms with Gasteiger partial charge in [0.2, 0.25) is 0 Å². The van der Waals surface area contributed by atoms with Crippen LogP contribution in [-0.2, 0) is 0 Å². The van der Waals surface area contributed by atoms with E-state index < -0.39 is 0 Å². The van der Waals surface area contributed by atoms with E-state index in [2.05, 4.69) is 11.6 Å². The van der Waals surface area contributed by atoms with Gasteiger partial charge in [-0.15, -0.1) is 0 Å². The number of nitrogens with zero attached hydrogens (tertiary/aromatic N) is 1. The summed E-state index contributed by atoms with van der Waals surface area (Å²) >= 11 is 0. The maximum absolute atomic E-state index is 5.66. The summed E-state index contributed by atoms with van der Waals surface area (Å²) in [6.45, 7) is 3.45. The zero-order valence-corrected chi connectivity index (χ0v) is 6.70. The van der Waals surface area contributed by atoms with E-state index in [-0.39, 0.29) is 0 Å². The number of amidine groups is 1. The van der Waals surface area contributed by atoms with E-state index in [1.165, 1.54) is 6.20 Å². The number of para-hydroxylation sites is 1. The van der Waals surface area contributed by atoms with Crippen molar-refractivity contribution in [2.24, 2.45) is 10.7 Å². The predicted molar refractivity (Wildman–Crippen MR) is 51.8 cm³/mol. The standard InChI is InChI=1S/C9H11N3/c1-2-12-9(11)7-5-3-4-6-8(7)10/h2-6H,1,10H2,(H2,11,12). The summed E-state index contributed by atoms with van der Waals surface area (Å²) in [6, 6.07) is 7.30. The Morgan fingerprint density at radius 1 is 1.42 bits per heavy atom. The van der Waals surface area contributed by atoms with E-state index in [1.54, 1.807) is 6.07 Å². The Labute approximate surface area is 71.4 Å². The molecule has 0 aliphatic heterocycles. The van der Waals surface area contributed by atoms with Crippen molar-refractivity contribution in [2.75, 3.05) is 5.73 Å². The van der Waals surface area contributed by atoms with Crippen LogP contribution in [0.4, 0.5) is 5.69 Å². The van der Waals surface area contributed by atoms with Crippen molar-refractivity contribution >= 4 is 11.5 Å². The van der Waals surface area contributed by atoms with Gasteiger partial charge in [0.1, 0.15) is 5.84 Å². The molecule has 0 saturated heterocycles. The number of aliphatic imine (C=N–C) groups is 1. The maximum atomic E-state index is 5.66. The number of nitrogens with two attached hydrogens (primary N) is 2. The second-order valence-corrected chi connectivity index (χ2v) is 2.28. The van der Waals surface area contributed by atoms with Crippen LogP contribution in [0.15, 0.2) is 42.0 Å². The van der Waals surface area contributed by atoms with Crippen molar-refractivity contribution in [3.05, 3.63) is 42.6 Å². The van der Waals surface area contributed by atoms with E-state index in [4.69, 9.17) is 11.5 Å². The molecule has 0 amide bonds. The van der Waals surface area contributed by atoms with Crippen LogP contribution in [0.5, 0.6) is 0 Å². The van der Waals surface area contributed by atoms with Crippen molar-refractivity contribution in [3.8, 4) is 0 Å². The molecular weight excluding hydrogens is 150 g/mol. The quantitative estimate of drug-likeness (QED) is 0.388. The average Bonchev–Trinajstić information content (AvgIpc) is 2.05. The molecule has 1 aromatic rings. The lowest BCUT2D eigenvalue weighted by Gasteiger charge is -2.02. The Hall–Kier alpha value is -1.77. The molecule has 0 atom stereocenters. The molecular formula is C9H11N3. The van der Waals surface area contributed by atoms with Gasteiger partial charge in [0, 0.05) is 17.5 Å². The zero-order chi connectivity index (χ0) is 8.97. The number of hydrogen-bond acceptors (Lipinski definition) is 2. The Balaban J connectivity index is 3.10. The number of benzene rings is 1. The van der Waals surface area contributed by atoms with Gasteiger partial charge in [0.05, 0.1) is 0 Å². The summed E-state index contributed by atoms with van der Waals surface area (Å²) in [5, 5.41) is 0. The van der Waals surface area contributed by atoms with Crippen LogP contribution in [0.2, 0.25) is 0 Å². The number of anilines is 1. The lowest BCUT2D eigenvalue weighted by molar-refractivity contribution is 1.48. The summed E-state index contributed by atoms with van der Waals surface area (Å²) in [6.07, 6.45) is 1.39. The van der Waals surface area contributed by atoms with E-state index in [9.17, 15) is 0 Å². The Kier molecular flexibility index (Phi) is 2.48. The number of rotatable bonds is 2. The fourth-order valence-corrected chi connectivity index (χ4v) is 0.898. The molecule has 0 aliphatic carbocycles. The Bertz CT molecular complexity index is 315. The van der Waals surface area contributed by atoms with E-state index >= 15 is 0 Å². The molecule has 0 radical (unpaired) electrons. The monoisotopic (exact) mass is 161 g/mol. The van der Waals surface area contributed by atoms with Crippen molar-refractivity contribution in [2.45, 2.75) is 0 Å². The van der Waals surface area contributed by atoms with Gasteiger partial charge in [-0.2, -0.15) is 0 Å². The second-order valence-electron chi connectivity index (χ2n) is 2.28. The van der Waals surface area contributed by atoms with Gasteiger partial charge in [-0.3, -0.25) is 0 Å². The highest BCUT2D eigenvalue weighted by molar-refractivity contribution is 6.02. The van der Waals surface area contributed by atoms with Gasteiger partial charge >= 0.3 is 0 Å². The smallest absolute Gasteiger partial charge is 0.132 e. The van der Waals surface area contributed by atoms with E-state index in [0.717, 1.165) is 5.56 Å². The van der Waals surface area contributed by atoms with Crippen molar-refractivity contribution in [1.82, 2.24) is 0 Å². The third kappa shape index (κ3) is 1.63. The Morgan fingerprint density at radius 3 is 2.67 bits per heavy atom. The number of hydrogen-bond donors (Lipinski definition) is 2. The molecule has 0 unspecified atom stereocenters. The fourth-order valence-electron chi connectivity index (χ4n) is 0.898. The van der Waals surface area contributed by atoms with Crippen LogP contribution in [0.25, 0.3) is 0 Å². The molecule has 62 valence electrons. The largest absolute Gasteiger partial charge is 0.398 e. The van der Waals surface area contributed by atoms with Gasteiger partial charge < -0.3 is 11.5 Å². The van der Waals surface area contributed by atoms with Crippen molar-refractivity contribution < 1.29 is 0 Å². The summed E-state index contributed by atoms with van der Waals surface area (Å²) < 4.78 is 0. The molecule has 12 heavy (non-hydrogen) atoms. The molecule has 1 aromatic carbocycles. The first kappa shape index (κ1) is 8.33. The highest BCUT2D eigenvalue weighted by atomic mass is 14.8. The summed E-state index contributed by atoms with van der Waals surface area (Å²) in [4.78, 5) is 3.83. The first-order valence-electron chi connectivity index (χ1n) is 3.54. The minimum absolute atomic E-state index is 0.392. The highest BCUT2D eigenvalue weighted by Crippen LogP contribution is 2.09. The molecule has 0 bridgehead atoms. The van der Waals surface area contributed by atoms with Crippen molar-refractivity contribution in [3.63, 3.8) is 0 Å². The minimum Gasteiger partial charge on any atom is -0.398 e. The molecule has 1 rings (SSSR count). The SMILES string of the molecule is C=CN=C(N)c1ccccc1N. The van der Waals surface area contributed by atoms with E-state index in [1.807, 2.05) is 18.2 Å². The maximum Gasteiger partial charge on any atom is 0.132 e. The van der Waals surface area contributed by atoms with Crippen LogP contribution in [0.3, 0.4) is 0 Å². The van der Waals surface area contributed by atoms with Gasteiger partial charge in [-0.1, -0.05) is 18.7 Å². The lowest BCUT2D eigenvalue weighted by Crippen LogP contribution is -2.14. The van der Waals surface area contributed by atoms with Crippen LogP contribution >= 0.6 is 0 Å². The first-order chi connectivity index (χ1) is 5.75. The third-order valence-corrected chi connectivity index (χ3v) is 1.47. The van der Waals surface area contributed by atoms with Crippen LogP contribution in [0, 0.1) is 0 Å². The molecule has 0 saturated carbocycles. The number of nitrogen functional groups attached to an aromatic ring is 1. The average molecular weight is 161 g/mol. The molecule has 0 aliphatic rings. The third-order valence-electron chi connectivity index (χ3n) is 1.47.